The van der Waals surface area contributed by atoms with E-state index in [1.807, 2.05) is 6.07 Å². The highest BCUT2D eigenvalue weighted by Crippen LogP contribution is 2.13. The summed E-state index contributed by atoms with van der Waals surface area (Å²) in [5, 5.41) is 8.94. The molecule has 0 saturated carbocycles. The highest BCUT2D eigenvalue weighted by molar-refractivity contribution is 5.33. The van der Waals surface area contributed by atoms with Gasteiger partial charge in [0.1, 0.15) is 11.6 Å². The Morgan fingerprint density at radius 1 is 1.58 bits per heavy atom. The molecule has 19 heavy (non-hydrogen) atoms. The molecule has 0 radical (unpaired) electrons. The van der Waals surface area contributed by atoms with Gasteiger partial charge in [0.2, 0.25) is 0 Å². The summed E-state index contributed by atoms with van der Waals surface area (Å²) in [6.07, 6.45) is 4.66. The van der Waals surface area contributed by atoms with Gasteiger partial charge in [-0.15, -0.1) is 0 Å². The van der Waals surface area contributed by atoms with Crippen molar-refractivity contribution in [2.24, 2.45) is 0 Å². The minimum Gasteiger partial charge on any atom is -0.353 e. The Morgan fingerprint density at radius 2 is 2.42 bits per heavy atom. The first-order valence-corrected chi connectivity index (χ1v) is 6.55. The van der Waals surface area contributed by atoms with Crippen LogP contribution in [-0.2, 0) is 16.0 Å². The van der Waals surface area contributed by atoms with Crippen LogP contribution in [0.5, 0.6) is 0 Å². The van der Waals surface area contributed by atoms with Crippen LogP contribution >= 0.6 is 0 Å². The van der Waals surface area contributed by atoms with Gasteiger partial charge in [0, 0.05) is 19.3 Å². The first kappa shape index (κ1) is 13.8. The zero-order valence-electron chi connectivity index (χ0n) is 11.1. The number of rotatable bonds is 4. The summed E-state index contributed by atoms with van der Waals surface area (Å²) in [5.74, 6) is 0. The number of ether oxygens (including phenoxy) is 2. The molecular weight excluding hydrogens is 244 g/mol. The van der Waals surface area contributed by atoms with E-state index in [9.17, 15) is 4.79 Å². The molecule has 1 fully saturated rings. The number of nitriles is 1. The average molecular weight is 262 g/mol. The maximum atomic E-state index is 12.0. The lowest BCUT2D eigenvalue weighted by molar-refractivity contribution is -0.163. The molecule has 0 aliphatic carbocycles. The standard InChI is InChI=1S/C14H18N2O3/c1-11-5-6-16(14(17)12(11)10-15)7-9-19-13-4-2-3-8-18-13/h5-6,13H,2-4,7-9H2,1H3. The minimum absolute atomic E-state index is 0.148. The van der Waals surface area contributed by atoms with Crippen molar-refractivity contribution in [3.8, 4) is 6.07 Å². The quantitative estimate of drug-likeness (QED) is 0.826. The molecule has 1 aliphatic heterocycles. The van der Waals surface area contributed by atoms with Crippen LogP contribution in [-0.4, -0.2) is 24.1 Å². The van der Waals surface area contributed by atoms with Crippen LogP contribution in [0, 0.1) is 18.3 Å². The van der Waals surface area contributed by atoms with Crippen molar-refractivity contribution in [2.45, 2.75) is 39.0 Å². The largest absolute Gasteiger partial charge is 0.353 e. The molecule has 1 saturated heterocycles. The van der Waals surface area contributed by atoms with Crippen molar-refractivity contribution in [3.63, 3.8) is 0 Å². The van der Waals surface area contributed by atoms with Crippen molar-refractivity contribution >= 4 is 0 Å². The summed E-state index contributed by atoms with van der Waals surface area (Å²) in [5.41, 5.74) is 0.660. The molecule has 1 atom stereocenters. The Labute approximate surface area is 112 Å². The van der Waals surface area contributed by atoms with Crippen molar-refractivity contribution in [1.82, 2.24) is 4.57 Å². The summed E-state index contributed by atoms with van der Waals surface area (Å²) >= 11 is 0. The fourth-order valence-electron chi connectivity index (χ4n) is 2.10. The van der Waals surface area contributed by atoms with Crippen LogP contribution in [0.25, 0.3) is 0 Å². The van der Waals surface area contributed by atoms with E-state index in [-0.39, 0.29) is 17.4 Å². The van der Waals surface area contributed by atoms with Gasteiger partial charge >= 0.3 is 0 Å². The molecule has 1 unspecified atom stereocenters. The number of aromatic nitrogens is 1. The third kappa shape index (κ3) is 3.43. The third-order valence-electron chi connectivity index (χ3n) is 3.26. The zero-order chi connectivity index (χ0) is 13.7. The molecular formula is C14H18N2O3. The molecule has 2 heterocycles. The van der Waals surface area contributed by atoms with Crippen LogP contribution in [0.3, 0.4) is 0 Å². The fraction of sp³-hybridized carbons (Fsp3) is 0.571. The second-order valence-corrected chi connectivity index (χ2v) is 4.65. The summed E-state index contributed by atoms with van der Waals surface area (Å²) in [4.78, 5) is 12.0. The van der Waals surface area contributed by atoms with E-state index in [1.165, 1.54) is 4.57 Å². The van der Waals surface area contributed by atoms with E-state index in [4.69, 9.17) is 14.7 Å². The highest BCUT2D eigenvalue weighted by Gasteiger charge is 2.14. The lowest BCUT2D eigenvalue weighted by atomic mass is 10.2. The van der Waals surface area contributed by atoms with Gasteiger partial charge in [0.05, 0.1) is 6.61 Å². The van der Waals surface area contributed by atoms with Crippen molar-refractivity contribution < 1.29 is 9.47 Å². The first-order chi connectivity index (χ1) is 9.22. The molecule has 5 heteroatoms. The van der Waals surface area contributed by atoms with Gasteiger partial charge in [0.15, 0.2) is 6.29 Å². The van der Waals surface area contributed by atoms with Gasteiger partial charge in [0.25, 0.3) is 5.56 Å². The molecule has 0 aromatic carbocycles. The van der Waals surface area contributed by atoms with E-state index in [0.29, 0.717) is 18.7 Å². The molecule has 1 aromatic heterocycles. The predicted octanol–water partition coefficient (Wildman–Crippen LogP) is 1.57. The van der Waals surface area contributed by atoms with Gasteiger partial charge in [-0.2, -0.15) is 5.26 Å². The van der Waals surface area contributed by atoms with Gasteiger partial charge in [-0.05, 0) is 37.8 Å². The summed E-state index contributed by atoms with van der Waals surface area (Å²) < 4.78 is 12.5. The van der Waals surface area contributed by atoms with E-state index >= 15 is 0 Å². The Morgan fingerprint density at radius 3 is 3.11 bits per heavy atom. The Bertz CT molecular complexity index is 524. The number of nitrogens with zero attached hydrogens (tertiary/aromatic N) is 2. The lowest BCUT2D eigenvalue weighted by Crippen LogP contribution is -2.28. The SMILES string of the molecule is Cc1ccn(CCOC2CCCCO2)c(=O)c1C#N. The second kappa shape index (κ2) is 6.50. The number of hydrogen-bond acceptors (Lipinski definition) is 4. The molecule has 1 aromatic rings. The average Bonchev–Trinajstić information content (AvgIpc) is 2.43. The number of aryl methyl sites for hydroxylation is 1. The number of hydrogen-bond donors (Lipinski definition) is 0. The Hall–Kier alpha value is -1.64. The lowest BCUT2D eigenvalue weighted by Gasteiger charge is -2.22. The van der Waals surface area contributed by atoms with Gasteiger partial charge in [-0.1, -0.05) is 0 Å². The van der Waals surface area contributed by atoms with E-state index in [1.54, 1.807) is 19.2 Å². The van der Waals surface area contributed by atoms with Crippen molar-refractivity contribution in [1.29, 1.82) is 5.26 Å². The Kier molecular flexibility index (Phi) is 4.72. The predicted molar refractivity (Wildman–Crippen MR) is 69.7 cm³/mol. The van der Waals surface area contributed by atoms with Crippen LogP contribution < -0.4 is 5.56 Å². The molecule has 2 rings (SSSR count). The molecule has 0 amide bonds. The van der Waals surface area contributed by atoms with Gasteiger partial charge in [-0.25, -0.2) is 0 Å². The van der Waals surface area contributed by atoms with E-state index in [0.717, 1.165) is 25.9 Å². The molecule has 0 N–H and O–H groups in total. The molecule has 102 valence electrons. The summed E-state index contributed by atoms with van der Waals surface area (Å²) in [6, 6.07) is 3.72. The molecule has 0 bridgehead atoms. The smallest absolute Gasteiger partial charge is 0.268 e. The van der Waals surface area contributed by atoms with Crippen LogP contribution in [0.1, 0.15) is 30.4 Å². The fourth-order valence-corrected chi connectivity index (χ4v) is 2.10. The van der Waals surface area contributed by atoms with Crippen LogP contribution in [0.4, 0.5) is 0 Å². The molecule has 5 nitrogen and oxygen atoms in total. The summed E-state index contributed by atoms with van der Waals surface area (Å²) in [6.45, 7) is 3.36. The third-order valence-corrected chi connectivity index (χ3v) is 3.26. The monoisotopic (exact) mass is 262 g/mol. The zero-order valence-corrected chi connectivity index (χ0v) is 11.1. The first-order valence-electron chi connectivity index (χ1n) is 6.55. The van der Waals surface area contributed by atoms with E-state index in [2.05, 4.69) is 0 Å². The second-order valence-electron chi connectivity index (χ2n) is 4.65. The molecule has 0 spiro atoms. The maximum absolute atomic E-state index is 12.0. The van der Waals surface area contributed by atoms with Gasteiger partial charge < -0.3 is 14.0 Å². The van der Waals surface area contributed by atoms with E-state index < -0.39 is 0 Å². The Balaban J connectivity index is 1.93. The minimum atomic E-state index is -0.254. The van der Waals surface area contributed by atoms with Gasteiger partial charge in [-0.3, -0.25) is 4.79 Å². The van der Waals surface area contributed by atoms with Crippen LogP contribution in [0.2, 0.25) is 0 Å². The highest BCUT2D eigenvalue weighted by atomic mass is 16.7. The number of pyridine rings is 1. The maximum Gasteiger partial charge on any atom is 0.268 e. The molecule has 1 aliphatic rings. The van der Waals surface area contributed by atoms with Crippen LogP contribution in [0.15, 0.2) is 17.1 Å². The summed E-state index contributed by atoms with van der Waals surface area (Å²) in [7, 11) is 0. The normalized spacial score (nSPS) is 19.1. The van der Waals surface area contributed by atoms with Crippen molar-refractivity contribution in [3.05, 3.63) is 33.7 Å². The van der Waals surface area contributed by atoms with Crippen molar-refractivity contribution in [2.75, 3.05) is 13.2 Å². The topological polar surface area (TPSA) is 64.2 Å².